The van der Waals surface area contributed by atoms with E-state index in [9.17, 15) is 13.2 Å². The Labute approximate surface area is 151 Å². The average Bonchev–Trinajstić information content (AvgIpc) is 3.18. The quantitative estimate of drug-likeness (QED) is 0.734. The molecule has 0 amide bonds. The van der Waals surface area contributed by atoms with Crippen LogP contribution in [0.3, 0.4) is 0 Å². The lowest BCUT2D eigenvalue weighted by molar-refractivity contribution is 0.0697. The van der Waals surface area contributed by atoms with Crippen LogP contribution in [0.25, 0.3) is 11.4 Å². The molecule has 0 radical (unpaired) electrons. The van der Waals surface area contributed by atoms with Crippen molar-refractivity contribution in [3.8, 4) is 11.4 Å². The van der Waals surface area contributed by atoms with Crippen molar-refractivity contribution in [2.45, 2.75) is 12.8 Å². The maximum absolute atomic E-state index is 12.2. The van der Waals surface area contributed by atoms with Crippen LogP contribution >= 0.6 is 0 Å². The van der Waals surface area contributed by atoms with E-state index in [1.165, 1.54) is 28.8 Å². The monoisotopic (exact) mass is 377 g/mol. The van der Waals surface area contributed by atoms with Gasteiger partial charge in [0, 0.05) is 32.0 Å². The van der Waals surface area contributed by atoms with Gasteiger partial charge in [-0.3, -0.25) is 4.98 Å². The van der Waals surface area contributed by atoms with Gasteiger partial charge in [-0.1, -0.05) is 0 Å². The summed E-state index contributed by atoms with van der Waals surface area (Å²) in [6, 6.07) is 4.43. The molecular weight excluding hydrogens is 358 g/mol. The first-order valence-corrected chi connectivity index (χ1v) is 9.81. The number of pyridine rings is 1. The van der Waals surface area contributed by atoms with Gasteiger partial charge in [0.25, 0.3) is 0 Å². The van der Waals surface area contributed by atoms with Crippen LogP contribution in [-0.2, 0) is 10.0 Å². The molecule has 9 nitrogen and oxygen atoms in total. The van der Waals surface area contributed by atoms with Crippen LogP contribution in [0.2, 0.25) is 0 Å². The third-order valence-electron chi connectivity index (χ3n) is 4.03. The van der Waals surface area contributed by atoms with Gasteiger partial charge in [0.05, 0.1) is 22.7 Å². The summed E-state index contributed by atoms with van der Waals surface area (Å²) in [6.07, 6.45) is 4.71. The molecule has 0 unspecified atom stereocenters. The van der Waals surface area contributed by atoms with E-state index in [1.807, 2.05) is 0 Å². The standard InChI is InChI=1S/C16H19N5O4S/c22-15(23)12-3-5-17-14(11-12)13-4-6-18-16(20-13)19-7-10-26(24,25)21-8-1-2-9-21/h3-6,11H,1-2,7-10H2,(H,22,23)(H,18,19,20). The van der Waals surface area contributed by atoms with Gasteiger partial charge in [-0.25, -0.2) is 27.5 Å². The molecule has 2 aromatic heterocycles. The second kappa shape index (κ2) is 7.75. The highest BCUT2D eigenvalue weighted by Gasteiger charge is 2.24. The van der Waals surface area contributed by atoms with Gasteiger partial charge >= 0.3 is 5.97 Å². The second-order valence-electron chi connectivity index (χ2n) is 5.85. The number of carboxylic acid groups (broad SMARTS) is 1. The van der Waals surface area contributed by atoms with Gasteiger partial charge < -0.3 is 10.4 Å². The Balaban J connectivity index is 1.66. The number of aromatic nitrogens is 3. The van der Waals surface area contributed by atoms with E-state index in [0.29, 0.717) is 24.5 Å². The molecule has 0 atom stereocenters. The van der Waals surface area contributed by atoms with Crippen LogP contribution in [0.1, 0.15) is 23.2 Å². The predicted octanol–water partition coefficient (Wildman–Crippen LogP) is 1.07. The lowest BCUT2D eigenvalue weighted by Gasteiger charge is -2.15. The van der Waals surface area contributed by atoms with Crippen molar-refractivity contribution in [2.75, 3.05) is 30.7 Å². The average molecular weight is 377 g/mol. The highest BCUT2D eigenvalue weighted by Crippen LogP contribution is 2.17. The molecule has 2 N–H and O–H groups in total. The van der Waals surface area contributed by atoms with Gasteiger partial charge in [0.2, 0.25) is 16.0 Å². The van der Waals surface area contributed by atoms with E-state index in [0.717, 1.165) is 12.8 Å². The Morgan fingerprint density at radius 1 is 1.15 bits per heavy atom. The van der Waals surface area contributed by atoms with Crippen LogP contribution in [0.5, 0.6) is 0 Å². The summed E-state index contributed by atoms with van der Waals surface area (Å²) in [5.41, 5.74) is 0.966. The van der Waals surface area contributed by atoms with Crippen LogP contribution < -0.4 is 5.32 Å². The SMILES string of the molecule is O=C(O)c1ccnc(-c2ccnc(NCCS(=O)(=O)N3CCCC3)n2)c1. The predicted molar refractivity (Wildman–Crippen MR) is 95.3 cm³/mol. The molecule has 10 heteroatoms. The van der Waals surface area contributed by atoms with Crippen molar-refractivity contribution in [1.82, 2.24) is 19.3 Å². The van der Waals surface area contributed by atoms with Crippen molar-refractivity contribution in [3.05, 3.63) is 36.2 Å². The summed E-state index contributed by atoms with van der Waals surface area (Å²) < 4.78 is 25.9. The molecule has 0 bridgehead atoms. The van der Waals surface area contributed by atoms with Crippen LogP contribution in [0.4, 0.5) is 5.95 Å². The van der Waals surface area contributed by atoms with Crippen LogP contribution in [-0.4, -0.2) is 64.1 Å². The molecule has 26 heavy (non-hydrogen) atoms. The molecule has 0 aliphatic carbocycles. The summed E-state index contributed by atoms with van der Waals surface area (Å²) >= 11 is 0. The molecule has 0 spiro atoms. The fourth-order valence-electron chi connectivity index (χ4n) is 2.68. The number of nitrogens with one attached hydrogen (secondary N) is 1. The number of hydrogen-bond acceptors (Lipinski definition) is 7. The van der Waals surface area contributed by atoms with Crippen molar-refractivity contribution in [2.24, 2.45) is 0 Å². The Hall–Kier alpha value is -2.59. The van der Waals surface area contributed by atoms with E-state index in [1.54, 1.807) is 6.07 Å². The van der Waals surface area contributed by atoms with E-state index in [-0.39, 0.29) is 23.8 Å². The summed E-state index contributed by atoms with van der Waals surface area (Å²) in [4.78, 5) is 23.5. The van der Waals surface area contributed by atoms with Crippen LogP contribution in [0.15, 0.2) is 30.6 Å². The summed E-state index contributed by atoms with van der Waals surface area (Å²) in [6.45, 7) is 1.35. The smallest absolute Gasteiger partial charge is 0.335 e. The highest BCUT2D eigenvalue weighted by molar-refractivity contribution is 7.89. The molecule has 138 valence electrons. The van der Waals surface area contributed by atoms with Crippen molar-refractivity contribution >= 4 is 21.9 Å². The van der Waals surface area contributed by atoms with Crippen LogP contribution in [0, 0.1) is 0 Å². The normalized spacial score (nSPS) is 15.1. The molecule has 3 heterocycles. The molecular formula is C16H19N5O4S. The molecule has 0 saturated carbocycles. The number of aromatic carboxylic acids is 1. The lowest BCUT2D eigenvalue weighted by atomic mass is 10.2. The lowest BCUT2D eigenvalue weighted by Crippen LogP contribution is -2.32. The fraction of sp³-hybridized carbons (Fsp3) is 0.375. The molecule has 1 fully saturated rings. The third-order valence-corrected chi connectivity index (χ3v) is 5.90. The second-order valence-corrected chi connectivity index (χ2v) is 7.94. The summed E-state index contributed by atoms with van der Waals surface area (Å²) in [5, 5.41) is 12.0. The Bertz CT molecular complexity index is 897. The number of sulfonamides is 1. The Morgan fingerprint density at radius 3 is 2.62 bits per heavy atom. The van der Waals surface area contributed by atoms with Crippen molar-refractivity contribution in [3.63, 3.8) is 0 Å². The molecule has 2 aromatic rings. The highest BCUT2D eigenvalue weighted by atomic mass is 32.2. The maximum atomic E-state index is 12.2. The topological polar surface area (TPSA) is 125 Å². The minimum absolute atomic E-state index is 0.0344. The zero-order valence-corrected chi connectivity index (χ0v) is 14.8. The number of rotatable bonds is 7. The Kier molecular flexibility index (Phi) is 5.43. The Morgan fingerprint density at radius 2 is 1.88 bits per heavy atom. The fourth-order valence-corrected chi connectivity index (χ4v) is 4.11. The van der Waals surface area contributed by atoms with Crippen molar-refractivity contribution in [1.29, 1.82) is 0 Å². The summed E-state index contributed by atoms with van der Waals surface area (Å²) in [5.74, 6) is -0.817. The number of carboxylic acids is 1. The molecule has 0 aromatic carbocycles. The van der Waals surface area contributed by atoms with Crippen molar-refractivity contribution < 1.29 is 18.3 Å². The van der Waals surface area contributed by atoms with E-state index >= 15 is 0 Å². The first-order valence-electron chi connectivity index (χ1n) is 8.20. The number of hydrogen-bond donors (Lipinski definition) is 2. The third kappa shape index (κ3) is 4.33. The number of nitrogens with zero attached hydrogens (tertiary/aromatic N) is 4. The number of carbonyl (C=O) groups is 1. The largest absolute Gasteiger partial charge is 0.478 e. The zero-order valence-electron chi connectivity index (χ0n) is 14.0. The maximum Gasteiger partial charge on any atom is 0.335 e. The van der Waals surface area contributed by atoms with E-state index < -0.39 is 16.0 Å². The van der Waals surface area contributed by atoms with Gasteiger partial charge in [-0.2, -0.15) is 0 Å². The number of anilines is 1. The minimum Gasteiger partial charge on any atom is -0.478 e. The molecule has 1 saturated heterocycles. The zero-order chi connectivity index (χ0) is 18.6. The summed E-state index contributed by atoms with van der Waals surface area (Å²) in [7, 11) is -3.27. The minimum atomic E-state index is -3.27. The first kappa shape index (κ1) is 18.2. The van der Waals surface area contributed by atoms with Gasteiger partial charge in [-0.15, -0.1) is 0 Å². The molecule has 1 aliphatic rings. The first-order chi connectivity index (χ1) is 12.5. The molecule has 3 rings (SSSR count). The van der Waals surface area contributed by atoms with Gasteiger partial charge in [0.1, 0.15) is 0 Å². The molecule has 1 aliphatic heterocycles. The van der Waals surface area contributed by atoms with Gasteiger partial charge in [-0.05, 0) is 31.0 Å². The van der Waals surface area contributed by atoms with E-state index in [4.69, 9.17) is 5.11 Å². The van der Waals surface area contributed by atoms with E-state index in [2.05, 4.69) is 20.3 Å². The van der Waals surface area contributed by atoms with Gasteiger partial charge in [0.15, 0.2) is 0 Å².